The molecule has 2 aromatic rings. The van der Waals surface area contributed by atoms with Crippen LogP contribution in [0, 0.1) is 6.92 Å². The lowest BCUT2D eigenvalue weighted by molar-refractivity contribution is 0.0696. The van der Waals surface area contributed by atoms with Gasteiger partial charge in [-0.25, -0.2) is 4.79 Å². The van der Waals surface area contributed by atoms with Crippen LogP contribution in [-0.4, -0.2) is 11.1 Å². The fourth-order valence-electron chi connectivity index (χ4n) is 1.73. The predicted molar refractivity (Wildman–Crippen MR) is 73.9 cm³/mol. The smallest absolute Gasteiger partial charge is 0.335 e. The van der Waals surface area contributed by atoms with Gasteiger partial charge in [0.15, 0.2) is 0 Å². The lowest BCUT2D eigenvalue weighted by Gasteiger charge is -2.10. The molecule has 98 valence electrons. The van der Waals surface area contributed by atoms with Gasteiger partial charge >= 0.3 is 5.97 Å². The van der Waals surface area contributed by atoms with Gasteiger partial charge in [0.25, 0.3) is 0 Å². The van der Waals surface area contributed by atoms with Crippen LogP contribution < -0.4 is 4.74 Å². The summed E-state index contributed by atoms with van der Waals surface area (Å²) in [5.41, 5.74) is 2.02. The molecule has 0 atom stereocenters. The van der Waals surface area contributed by atoms with Crippen molar-refractivity contribution < 1.29 is 14.6 Å². The van der Waals surface area contributed by atoms with Crippen molar-refractivity contribution >= 4 is 17.6 Å². The topological polar surface area (TPSA) is 46.5 Å². The molecule has 0 aliphatic rings. The fraction of sp³-hybridized carbons (Fsp3) is 0.133. The fourth-order valence-corrected chi connectivity index (χ4v) is 1.95. The van der Waals surface area contributed by atoms with Crippen molar-refractivity contribution in [2.24, 2.45) is 0 Å². The molecule has 19 heavy (non-hydrogen) atoms. The second-order valence-electron chi connectivity index (χ2n) is 4.20. The average molecular weight is 277 g/mol. The van der Waals surface area contributed by atoms with Crippen LogP contribution in [0.5, 0.6) is 5.75 Å². The summed E-state index contributed by atoms with van der Waals surface area (Å²) in [4.78, 5) is 10.8. The first kappa shape index (κ1) is 13.4. The zero-order valence-electron chi connectivity index (χ0n) is 10.4. The Kier molecular flexibility index (Phi) is 4.07. The number of carbonyl (C=O) groups is 1. The molecule has 0 radical (unpaired) electrons. The molecule has 4 heteroatoms. The van der Waals surface area contributed by atoms with Gasteiger partial charge in [0, 0.05) is 5.02 Å². The largest absolute Gasteiger partial charge is 0.489 e. The molecule has 0 fully saturated rings. The van der Waals surface area contributed by atoms with E-state index in [4.69, 9.17) is 21.4 Å². The van der Waals surface area contributed by atoms with E-state index in [0.717, 1.165) is 11.1 Å². The number of ether oxygens (including phenoxy) is 1. The van der Waals surface area contributed by atoms with E-state index in [-0.39, 0.29) is 5.56 Å². The first-order valence-corrected chi connectivity index (χ1v) is 6.15. The third-order valence-electron chi connectivity index (χ3n) is 2.71. The van der Waals surface area contributed by atoms with Crippen LogP contribution in [0.3, 0.4) is 0 Å². The van der Waals surface area contributed by atoms with Crippen molar-refractivity contribution in [2.75, 3.05) is 0 Å². The molecule has 0 spiro atoms. The van der Waals surface area contributed by atoms with E-state index in [9.17, 15) is 4.79 Å². The maximum absolute atomic E-state index is 10.8. The monoisotopic (exact) mass is 276 g/mol. The Labute approximate surface area is 116 Å². The summed E-state index contributed by atoms with van der Waals surface area (Å²) in [5.74, 6) is -0.269. The van der Waals surface area contributed by atoms with Crippen LogP contribution in [0.2, 0.25) is 5.02 Å². The van der Waals surface area contributed by atoms with Gasteiger partial charge in [-0.15, -0.1) is 0 Å². The Morgan fingerprint density at radius 3 is 2.68 bits per heavy atom. The Balaban J connectivity index is 2.10. The number of carboxylic acid groups (broad SMARTS) is 1. The van der Waals surface area contributed by atoms with Gasteiger partial charge in [0.05, 0.1) is 5.56 Å². The summed E-state index contributed by atoms with van der Waals surface area (Å²) >= 11 is 5.89. The lowest BCUT2D eigenvalue weighted by atomic mass is 10.1. The van der Waals surface area contributed by atoms with Gasteiger partial charge in [0.1, 0.15) is 12.4 Å². The third-order valence-corrected chi connectivity index (χ3v) is 2.94. The summed E-state index contributed by atoms with van der Waals surface area (Å²) in [6, 6.07) is 12.2. The number of aryl methyl sites for hydroxylation is 1. The van der Waals surface area contributed by atoms with E-state index < -0.39 is 5.97 Å². The van der Waals surface area contributed by atoms with E-state index in [2.05, 4.69) is 0 Å². The first-order chi connectivity index (χ1) is 9.06. The number of carboxylic acids is 1. The third kappa shape index (κ3) is 3.48. The first-order valence-electron chi connectivity index (χ1n) is 5.77. The normalized spacial score (nSPS) is 10.2. The molecule has 3 nitrogen and oxygen atoms in total. The Morgan fingerprint density at radius 2 is 2.05 bits per heavy atom. The van der Waals surface area contributed by atoms with Crippen LogP contribution >= 0.6 is 11.6 Å². The number of hydrogen-bond donors (Lipinski definition) is 1. The maximum Gasteiger partial charge on any atom is 0.335 e. The van der Waals surface area contributed by atoms with Crippen molar-refractivity contribution in [3.05, 3.63) is 64.2 Å². The molecule has 1 N–H and O–H groups in total. The van der Waals surface area contributed by atoms with Crippen molar-refractivity contribution in [1.29, 1.82) is 0 Å². The molecule has 0 saturated heterocycles. The Hall–Kier alpha value is -2.00. The standard InChI is InChI=1S/C15H13ClO3/c1-10-7-12(15(17)18)5-6-14(10)19-9-11-3-2-4-13(16)8-11/h2-8H,9H2,1H3,(H,17,18). The van der Waals surface area contributed by atoms with E-state index in [1.54, 1.807) is 18.2 Å². The van der Waals surface area contributed by atoms with Gasteiger partial charge in [-0.1, -0.05) is 23.7 Å². The summed E-state index contributed by atoms with van der Waals surface area (Å²) in [5, 5.41) is 9.55. The molecule has 0 aromatic heterocycles. The van der Waals surface area contributed by atoms with Crippen molar-refractivity contribution in [3.63, 3.8) is 0 Å². The zero-order chi connectivity index (χ0) is 13.8. The Bertz CT molecular complexity index is 608. The second-order valence-corrected chi connectivity index (χ2v) is 4.64. The van der Waals surface area contributed by atoms with Crippen molar-refractivity contribution in [3.8, 4) is 5.75 Å². The molecule has 0 aliphatic heterocycles. The average Bonchev–Trinajstić information content (AvgIpc) is 2.37. The quantitative estimate of drug-likeness (QED) is 0.920. The highest BCUT2D eigenvalue weighted by Crippen LogP contribution is 2.21. The number of rotatable bonds is 4. The Morgan fingerprint density at radius 1 is 1.26 bits per heavy atom. The summed E-state index contributed by atoms with van der Waals surface area (Å²) < 4.78 is 5.66. The van der Waals surface area contributed by atoms with Gasteiger partial charge in [-0.05, 0) is 48.4 Å². The summed E-state index contributed by atoms with van der Waals surface area (Å²) in [7, 11) is 0. The summed E-state index contributed by atoms with van der Waals surface area (Å²) in [6.07, 6.45) is 0. The van der Waals surface area contributed by atoms with E-state index in [1.165, 1.54) is 6.07 Å². The van der Waals surface area contributed by atoms with Gasteiger partial charge in [0.2, 0.25) is 0 Å². The number of benzene rings is 2. The molecule has 0 amide bonds. The van der Waals surface area contributed by atoms with Gasteiger partial charge in [-0.3, -0.25) is 0 Å². The van der Waals surface area contributed by atoms with Crippen LogP contribution in [0.25, 0.3) is 0 Å². The molecular weight excluding hydrogens is 264 g/mol. The minimum absolute atomic E-state index is 0.257. The molecule has 2 aromatic carbocycles. The SMILES string of the molecule is Cc1cc(C(=O)O)ccc1OCc1cccc(Cl)c1. The molecule has 0 bridgehead atoms. The molecule has 0 aliphatic carbocycles. The molecular formula is C15H13ClO3. The molecule has 0 saturated carbocycles. The highest BCUT2D eigenvalue weighted by Gasteiger charge is 2.06. The van der Waals surface area contributed by atoms with E-state index >= 15 is 0 Å². The van der Waals surface area contributed by atoms with Gasteiger partial charge < -0.3 is 9.84 Å². The minimum atomic E-state index is -0.940. The second kappa shape index (κ2) is 5.76. The zero-order valence-corrected chi connectivity index (χ0v) is 11.1. The number of aromatic carboxylic acids is 1. The predicted octanol–water partition coefficient (Wildman–Crippen LogP) is 3.93. The number of halogens is 1. The highest BCUT2D eigenvalue weighted by molar-refractivity contribution is 6.30. The summed E-state index contributed by atoms with van der Waals surface area (Å²) in [6.45, 7) is 2.22. The molecule has 2 rings (SSSR count). The van der Waals surface area contributed by atoms with E-state index in [1.807, 2.05) is 25.1 Å². The van der Waals surface area contributed by atoms with Crippen LogP contribution in [0.4, 0.5) is 0 Å². The van der Waals surface area contributed by atoms with Gasteiger partial charge in [-0.2, -0.15) is 0 Å². The van der Waals surface area contributed by atoms with Crippen LogP contribution in [0.15, 0.2) is 42.5 Å². The van der Waals surface area contributed by atoms with Crippen LogP contribution in [-0.2, 0) is 6.61 Å². The van der Waals surface area contributed by atoms with Crippen molar-refractivity contribution in [2.45, 2.75) is 13.5 Å². The maximum atomic E-state index is 10.8. The van der Waals surface area contributed by atoms with Crippen molar-refractivity contribution in [1.82, 2.24) is 0 Å². The minimum Gasteiger partial charge on any atom is -0.489 e. The lowest BCUT2D eigenvalue weighted by Crippen LogP contribution is -2.00. The van der Waals surface area contributed by atoms with E-state index in [0.29, 0.717) is 17.4 Å². The molecule has 0 heterocycles. The number of hydrogen-bond acceptors (Lipinski definition) is 2. The molecule has 0 unspecified atom stereocenters. The highest BCUT2D eigenvalue weighted by atomic mass is 35.5. The van der Waals surface area contributed by atoms with Crippen LogP contribution in [0.1, 0.15) is 21.5 Å².